The van der Waals surface area contributed by atoms with Gasteiger partial charge in [-0.2, -0.15) is 0 Å². The zero-order valence-electron chi connectivity index (χ0n) is 9.56. The summed E-state index contributed by atoms with van der Waals surface area (Å²) < 4.78 is 7.33. The van der Waals surface area contributed by atoms with Crippen molar-refractivity contribution in [2.45, 2.75) is 13.0 Å². The zero-order chi connectivity index (χ0) is 11.9. The fourth-order valence-electron chi connectivity index (χ4n) is 1.53. The number of nitrogens with zero attached hydrogens (tertiary/aromatic N) is 2. The molecular formula is C11H16ClN3OS. The summed E-state index contributed by atoms with van der Waals surface area (Å²) >= 11 is 7.15. The Morgan fingerprint density at radius 2 is 2.41 bits per heavy atom. The van der Waals surface area contributed by atoms with Crippen molar-refractivity contribution in [2.75, 3.05) is 25.6 Å². The fraction of sp³-hybridized carbons (Fsp3) is 0.545. The van der Waals surface area contributed by atoms with Crippen LogP contribution >= 0.6 is 22.9 Å². The van der Waals surface area contributed by atoms with Crippen LogP contribution in [-0.2, 0) is 11.3 Å². The third-order valence-corrected chi connectivity index (χ3v) is 3.24. The van der Waals surface area contributed by atoms with Crippen LogP contribution in [0.5, 0.6) is 0 Å². The molecule has 0 atom stereocenters. The van der Waals surface area contributed by atoms with E-state index >= 15 is 0 Å². The summed E-state index contributed by atoms with van der Waals surface area (Å²) in [4.78, 5) is 5.54. The molecule has 0 spiro atoms. The monoisotopic (exact) mass is 273 g/mol. The molecule has 94 valence electrons. The molecule has 0 aliphatic heterocycles. The minimum Gasteiger partial charge on any atom is -0.380 e. The van der Waals surface area contributed by atoms with E-state index in [9.17, 15) is 0 Å². The minimum atomic E-state index is 0.568. The Balaban J connectivity index is 1.60. The molecule has 0 aliphatic carbocycles. The van der Waals surface area contributed by atoms with Gasteiger partial charge in [0.15, 0.2) is 4.96 Å². The van der Waals surface area contributed by atoms with Crippen LogP contribution in [-0.4, -0.2) is 35.0 Å². The number of thiazole rings is 1. The largest absolute Gasteiger partial charge is 0.380 e. The van der Waals surface area contributed by atoms with Crippen LogP contribution in [0.2, 0.25) is 0 Å². The lowest BCUT2D eigenvalue weighted by Gasteiger charge is -2.03. The van der Waals surface area contributed by atoms with Crippen LogP contribution in [0.3, 0.4) is 0 Å². The quantitative estimate of drug-likeness (QED) is 0.592. The molecule has 0 saturated heterocycles. The Morgan fingerprint density at radius 1 is 1.47 bits per heavy atom. The summed E-state index contributed by atoms with van der Waals surface area (Å²) in [6.45, 7) is 3.15. The lowest BCUT2D eigenvalue weighted by Crippen LogP contribution is -2.16. The lowest BCUT2D eigenvalue weighted by molar-refractivity contribution is 0.146. The molecule has 0 aliphatic rings. The number of halogens is 1. The van der Waals surface area contributed by atoms with Gasteiger partial charge in [-0.1, -0.05) is 0 Å². The van der Waals surface area contributed by atoms with Crippen LogP contribution in [0.4, 0.5) is 0 Å². The zero-order valence-corrected chi connectivity index (χ0v) is 11.1. The second kappa shape index (κ2) is 6.96. The van der Waals surface area contributed by atoms with Crippen LogP contribution in [0.1, 0.15) is 12.1 Å². The third-order valence-electron chi connectivity index (χ3n) is 2.31. The topological polar surface area (TPSA) is 38.6 Å². The van der Waals surface area contributed by atoms with Crippen molar-refractivity contribution in [2.24, 2.45) is 0 Å². The summed E-state index contributed by atoms with van der Waals surface area (Å²) in [5, 5.41) is 5.38. The molecule has 4 nitrogen and oxygen atoms in total. The maximum Gasteiger partial charge on any atom is 0.193 e. The maximum absolute atomic E-state index is 5.50. The van der Waals surface area contributed by atoms with Crippen LogP contribution < -0.4 is 5.32 Å². The highest BCUT2D eigenvalue weighted by atomic mass is 35.5. The van der Waals surface area contributed by atoms with E-state index < -0.39 is 0 Å². The van der Waals surface area contributed by atoms with Gasteiger partial charge in [0.05, 0.1) is 12.3 Å². The van der Waals surface area contributed by atoms with Crippen LogP contribution in [0.15, 0.2) is 17.8 Å². The number of aromatic nitrogens is 2. The predicted molar refractivity (Wildman–Crippen MR) is 70.9 cm³/mol. The highest BCUT2D eigenvalue weighted by Crippen LogP contribution is 2.10. The third kappa shape index (κ3) is 3.96. The number of nitrogens with one attached hydrogen (secondary N) is 1. The SMILES string of the molecule is ClCCOCCCNCc1cn2ccsc2n1. The molecule has 2 aromatic rings. The number of fused-ring (bicyclic) bond motifs is 1. The molecule has 0 amide bonds. The van der Waals surface area contributed by atoms with Crippen molar-refractivity contribution in [1.82, 2.24) is 14.7 Å². The fourth-order valence-corrected chi connectivity index (χ4v) is 2.36. The molecule has 17 heavy (non-hydrogen) atoms. The van der Waals surface area contributed by atoms with E-state index in [2.05, 4.69) is 16.5 Å². The van der Waals surface area contributed by atoms with Crippen molar-refractivity contribution < 1.29 is 4.74 Å². The van der Waals surface area contributed by atoms with E-state index in [-0.39, 0.29) is 0 Å². The highest BCUT2D eigenvalue weighted by molar-refractivity contribution is 7.15. The van der Waals surface area contributed by atoms with E-state index in [1.807, 2.05) is 16.0 Å². The molecule has 0 radical (unpaired) electrons. The van der Waals surface area contributed by atoms with Crippen molar-refractivity contribution >= 4 is 27.9 Å². The second-order valence-corrected chi connectivity index (χ2v) is 4.91. The van der Waals surface area contributed by atoms with Gasteiger partial charge in [0.2, 0.25) is 0 Å². The molecule has 1 N–H and O–H groups in total. The average molecular weight is 274 g/mol. The standard InChI is InChI=1S/C11H16ClN3OS/c12-2-6-16-5-1-3-13-8-10-9-15-4-7-17-11(15)14-10/h4,7,9,13H,1-3,5-6,8H2. The first-order valence-electron chi connectivity index (χ1n) is 5.65. The molecular weight excluding hydrogens is 258 g/mol. The molecule has 2 heterocycles. The van der Waals surface area contributed by atoms with E-state index in [1.54, 1.807) is 11.3 Å². The van der Waals surface area contributed by atoms with Crippen molar-refractivity contribution in [3.8, 4) is 0 Å². The van der Waals surface area contributed by atoms with Crippen molar-refractivity contribution in [1.29, 1.82) is 0 Å². The smallest absolute Gasteiger partial charge is 0.193 e. The molecule has 0 bridgehead atoms. The summed E-state index contributed by atoms with van der Waals surface area (Å²) in [6, 6.07) is 0. The van der Waals surface area contributed by atoms with E-state index in [1.165, 1.54) is 0 Å². The van der Waals surface area contributed by atoms with Gasteiger partial charge < -0.3 is 10.1 Å². The number of imidazole rings is 1. The summed E-state index contributed by atoms with van der Waals surface area (Å²) in [5.41, 5.74) is 1.08. The Morgan fingerprint density at radius 3 is 3.24 bits per heavy atom. The summed E-state index contributed by atoms with van der Waals surface area (Å²) in [5.74, 6) is 0.568. The predicted octanol–water partition coefficient (Wildman–Crippen LogP) is 2.13. The molecule has 6 heteroatoms. The van der Waals surface area contributed by atoms with Gasteiger partial charge in [0, 0.05) is 36.8 Å². The first-order chi connectivity index (χ1) is 8.40. The van der Waals surface area contributed by atoms with Gasteiger partial charge in [-0.3, -0.25) is 4.40 Å². The summed E-state index contributed by atoms with van der Waals surface area (Å²) in [7, 11) is 0. The normalized spacial score (nSPS) is 11.4. The Kier molecular flexibility index (Phi) is 5.25. The van der Waals surface area contributed by atoms with Gasteiger partial charge in [-0.05, 0) is 13.0 Å². The molecule has 0 saturated carbocycles. The Labute approximate surface area is 110 Å². The Hall–Kier alpha value is -0.620. The van der Waals surface area contributed by atoms with Gasteiger partial charge in [-0.25, -0.2) is 4.98 Å². The summed E-state index contributed by atoms with van der Waals surface area (Å²) in [6.07, 6.45) is 5.08. The van der Waals surface area contributed by atoms with Crippen molar-refractivity contribution in [3.05, 3.63) is 23.5 Å². The first kappa shape index (κ1) is 12.8. The van der Waals surface area contributed by atoms with Crippen LogP contribution in [0, 0.1) is 0 Å². The lowest BCUT2D eigenvalue weighted by atomic mass is 10.4. The van der Waals surface area contributed by atoms with E-state index in [4.69, 9.17) is 16.3 Å². The number of hydrogen-bond donors (Lipinski definition) is 1. The van der Waals surface area contributed by atoms with Gasteiger partial charge in [0.1, 0.15) is 0 Å². The van der Waals surface area contributed by atoms with Crippen molar-refractivity contribution in [3.63, 3.8) is 0 Å². The first-order valence-corrected chi connectivity index (χ1v) is 7.07. The number of hydrogen-bond acceptors (Lipinski definition) is 4. The van der Waals surface area contributed by atoms with Gasteiger partial charge in [0.25, 0.3) is 0 Å². The maximum atomic E-state index is 5.50. The molecule has 2 aromatic heterocycles. The number of ether oxygens (including phenoxy) is 1. The number of alkyl halides is 1. The Bertz CT molecular complexity index is 414. The van der Waals surface area contributed by atoms with Gasteiger partial charge >= 0.3 is 0 Å². The highest BCUT2D eigenvalue weighted by Gasteiger charge is 2.01. The number of rotatable bonds is 8. The van der Waals surface area contributed by atoms with E-state index in [0.717, 1.165) is 36.8 Å². The molecule has 0 aromatic carbocycles. The minimum absolute atomic E-state index is 0.568. The average Bonchev–Trinajstić information content (AvgIpc) is 2.88. The molecule has 0 fully saturated rings. The molecule has 0 unspecified atom stereocenters. The van der Waals surface area contributed by atoms with Gasteiger partial charge in [-0.15, -0.1) is 22.9 Å². The molecule has 2 rings (SSSR count). The van der Waals surface area contributed by atoms with Crippen LogP contribution in [0.25, 0.3) is 4.96 Å². The second-order valence-electron chi connectivity index (χ2n) is 3.66. The van der Waals surface area contributed by atoms with E-state index in [0.29, 0.717) is 12.5 Å².